The molecule has 15 heavy (non-hydrogen) atoms. The summed E-state index contributed by atoms with van der Waals surface area (Å²) in [6, 6.07) is 0. The second-order valence-electron chi connectivity index (χ2n) is 3.70. The summed E-state index contributed by atoms with van der Waals surface area (Å²) < 4.78 is 10.7. The normalized spacial score (nSPS) is 13.4. The standard InChI is InChI=1S/C12H26O3/c1-4-7-8-9-10-11(13)12(14-5-2)15-6-3/h11-13H,4-10H2,1-3H3/t11-/m0/s1. The smallest absolute Gasteiger partial charge is 0.183 e. The molecule has 0 aromatic rings. The van der Waals surface area contributed by atoms with Crippen LogP contribution in [0.3, 0.4) is 0 Å². The second-order valence-corrected chi connectivity index (χ2v) is 3.70. The molecular weight excluding hydrogens is 192 g/mol. The fourth-order valence-corrected chi connectivity index (χ4v) is 1.52. The van der Waals surface area contributed by atoms with Crippen LogP contribution in [0.25, 0.3) is 0 Å². The summed E-state index contributed by atoms with van der Waals surface area (Å²) >= 11 is 0. The third-order valence-corrected chi connectivity index (χ3v) is 2.33. The molecule has 0 aromatic carbocycles. The number of hydrogen-bond acceptors (Lipinski definition) is 3. The van der Waals surface area contributed by atoms with E-state index >= 15 is 0 Å². The maximum atomic E-state index is 9.82. The Hall–Kier alpha value is -0.120. The first-order chi connectivity index (χ1) is 7.26. The predicted molar refractivity (Wildman–Crippen MR) is 61.8 cm³/mol. The molecule has 3 nitrogen and oxygen atoms in total. The Morgan fingerprint density at radius 1 is 0.933 bits per heavy atom. The Morgan fingerprint density at radius 2 is 1.53 bits per heavy atom. The van der Waals surface area contributed by atoms with Crippen molar-refractivity contribution >= 4 is 0 Å². The molecule has 0 aromatic heterocycles. The van der Waals surface area contributed by atoms with Crippen molar-refractivity contribution in [2.75, 3.05) is 13.2 Å². The Kier molecular flexibility index (Phi) is 10.3. The van der Waals surface area contributed by atoms with Crippen LogP contribution in [0.4, 0.5) is 0 Å². The van der Waals surface area contributed by atoms with Gasteiger partial charge in [-0.15, -0.1) is 0 Å². The summed E-state index contributed by atoms with van der Waals surface area (Å²) in [4.78, 5) is 0. The van der Waals surface area contributed by atoms with Crippen LogP contribution in [0, 0.1) is 0 Å². The summed E-state index contributed by atoms with van der Waals surface area (Å²) in [5.41, 5.74) is 0. The highest BCUT2D eigenvalue weighted by Crippen LogP contribution is 2.11. The number of rotatable bonds is 10. The van der Waals surface area contributed by atoms with Gasteiger partial charge in [0.05, 0.1) is 0 Å². The predicted octanol–water partition coefficient (Wildman–Crippen LogP) is 2.72. The Bertz CT molecular complexity index is 122. The highest BCUT2D eigenvalue weighted by Gasteiger charge is 2.18. The molecule has 0 amide bonds. The van der Waals surface area contributed by atoms with Gasteiger partial charge in [0.25, 0.3) is 0 Å². The molecule has 0 radical (unpaired) electrons. The summed E-state index contributed by atoms with van der Waals surface area (Å²) in [5, 5.41) is 9.82. The zero-order valence-electron chi connectivity index (χ0n) is 10.4. The molecule has 0 heterocycles. The van der Waals surface area contributed by atoms with Gasteiger partial charge in [0.1, 0.15) is 6.10 Å². The topological polar surface area (TPSA) is 38.7 Å². The summed E-state index contributed by atoms with van der Waals surface area (Å²) in [5.74, 6) is 0. The molecule has 1 atom stereocenters. The van der Waals surface area contributed by atoms with E-state index in [9.17, 15) is 5.11 Å². The van der Waals surface area contributed by atoms with Crippen LogP contribution in [0.5, 0.6) is 0 Å². The lowest BCUT2D eigenvalue weighted by atomic mass is 10.1. The van der Waals surface area contributed by atoms with Crippen molar-refractivity contribution in [3.63, 3.8) is 0 Å². The van der Waals surface area contributed by atoms with Crippen molar-refractivity contribution in [1.29, 1.82) is 0 Å². The van der Waals surface area contributed by atoms with Crippen molar-refractivity contribution in [1.82, 2.24) is 0 Å². The fraction of sp³-hybridized carbons (Fsp3) is 1.00. The van der Waals surface area contributed by atoms with E-state index in [2.05, 4.69) is 6.92 Å². The number of ether oxygens (including phenoxy) is 2. The second kappa shape index (κ2) is 10.4. The van der Waals surface area contributed by atoms with E-state index in [1.807, 2.05) is 13.8 Å². The number of aliphatic hydroxyl groups is 1. The van der Waals surface area contributed by atoms with Crippen LogP contribution in [0.2, 0.25) is 0 Å². The molecule has 0 saturated carbocycles. The van der Waals surface area contributed by atoms with E-state index in [4.69, 9.17) is 9.47 Å². The van der Waals surface area contributed by atoms with Gasteiger partial charge < -0.3 is 14.6 Å². The van der Waals surface area contributed by atoms with Gasteiger partial charge in [-0.05, 0) is 20.3 Å². The molecule has 0 spiro atoms. The molecule has 1 N–H and O–H groups in total. The van der Waals surface area contributed by atoms with Crippen molar-refractivity contribution in [2.45, 2.75) is 65.3 Å². The van der Waals surface area contributed by atoms with Crippen LogP contribution < -0.4 is 0 Å². The fourth-order valence-electron chi connectivity index (χ4n) is 1.52. The lowest BCUT2D eigenvalue weighted by Crippen LogP contribution is -2.31. The highest BCUT2D eigenvalue weighted by molar-refractivity contribution is 4.60. The van der Waals surface area contributed by atoms with Gasteiger partial charge in [-0.25, -0.2) is 0 Å². The van der Waals surface area contributed by atoms with Crippen LogP contribution in [0.15, 0.2) is 0 Å². The Balaban J connectivity index is 3.65. The van der Waals surface area contributed by atoms with Crippen LogP contribution in [0.1, 0.15) is 52.9 Å². The van der Waals surface area contributed by atoms with Gasteiger partial charge in [-0.1, -0.05) is 32.6 Å². The van der Waals surface area contributed by atoms with Gasteiger partial charge in [0.15, 0.2) is 6.29 Å². The number of aliphatic hydroxyl groups excluding tert-OH is 1. The first-order valence-electron chi connectivity index (χ1n) is 6.17. The van der Waals surface area contributed by atoms with Crippen molar-refractivity contribution < 1.29 is 14.6 Å². The summed E-state index contributed by atoms with van der Waals surface area (Å²) in [6.07, 6.45) is 4.52. The molecule has 0 fully saturated rings. The van der Waals surface area contributed by atoms with E-state index in [1.54, 1.807) is 0 Å². The van der Waals surface area contributed by atoms with Crippen molar-refractivity contribution in [2.24, 2.45) is 0 Å². The molecule has 0 unspecified atom stereocenters. The Morgan fingerprint density at radius 3 is 2.00 bits per heavy atom. The average molecular weight is 218 g/mol. The minimum Gasteiger partial charge on any atom is -0.388 e. The first-order valence-corrected chi connectivity index (χ1v) is 6.17. The maximum absolute atomic E-state index is 9.82. The summed E-state index contributed by atoms with van der Waals surface area (Å²) in [6.45, 7) is 7.17. The quantitative estimate of drug-likeness (QED) is 0.452. The van der Waals surface area contributed by atoms with Crippen molar-refractivity contribution in [3.05, 3.63) is 0 Å². The minimum absolute atomic E-state index is 0.443. The monoisotopic (exact) mass is 218 g/mol. The zero-order chi connectivity index (χ0) is 11.5. The summed E-state index contributed by atoms with van der Waals surface area (Å²) in [7, 11) is 0. The Labute approximate surface area is 93.8 Å². The van der Waals surface area contributed by atoms with Gasteiger partial charge in [0, 0.05) is 13.2 Å². The van der Waals surface area contributed by atoms with E-state index < -0.39 is 12.4 Å². The largest absolute Gasteiger partial charge is 0.388 e. The lowest BCUT2D eigenvalue weighted by molar-refractivity contribution is -0.190. The molecule has 0 saturated heterocycles. The lowest BCUT2D eigenvalue weighted by Gasteiger charge is -2.22. The van der Waals surface area contributed by atoms with Crippen LogP contribution >= 0.6 is 0 Å². The molecule has 3 heteroatoms. The third kappa shape index (κ3) is 7.77. The van der Waals surface area contributed by atoms with E-state index in [0.29, 0.717) is 13.2 Å². The van der Waals surface area contributed by atoms with Gasteiger partial charge in [0.2, 0.25) is 0 Å². The minimum atomic E-state index is -0.484. The van der Waals surface area contributed by atoms with Crippen LogP contribution in [-0.2, 0) is 9.47 Å². The van der Waals surface area contributed by atoms with E-state index in [-0.39, 0.29) is 0 Å². The van der Waals surface area contributed by atoms with Gasteiger partial charge in [-0.2, -0.15) is 0 Å². The maximum Gasteiger partial charge on any atom is 0.183 e. The number of hydrogen-bond donors (Lipinski definition) is 1. The molecule has 0 rings (SSSR count). The number of unbranched alkanes of at least 4 members (excludes halogenated alkanes) is 3. The van der Waals surface area contributed by atoms with Crippen LogP contribution in [-0.4, -0.2) is 30.7 Å². The SMILES string of the molecule is CCCCCC[C@H](O)C(OCC)OCC. The van der Waals surface area contributed by atoms with Gasteiger partial charge >= 0.3 is 0 Å². The van der Waals surface area contributed by atoms with Gasteiger partial charge in [-0.3, -0.25) is 0 Å². The van der Waals surface area contributed by atoms with E-state index in [0.717, 1.165) is 12.8 Å². The molecular formula is C12H26O3. The first kappa shape index (κ1) is 14.9. The molecule has 0 aliphatic rings. The van der Waals surface area contributed by atoms with E-state index in [1.165, 1.54) is 19.3 Å². The average Bonchev–Trinajstić information content (AvgIpc) is 2.24. The zero-order valence-corrected chi connectivity index (χ0v) is 10.4. The molecule has 0 aliphatic carbocycles. The molecule has 0 bridgehead atoms. The molecule has 0 aliphatic heterocycles. The highest BCUT2D eigenvalue weighted by atomic mass is 16.7. The van der Waals surface area contributed by atoms with Crippen molar-refractivity contribution in [3.8, 4) is 0 Å². The third-order valence-electron chi connectivity index (χ3n) is 2.33. The molecule has 92 valence electrons.